The van der Waals surface area contributed by atoms with Gasteiger partial charge in [-0.15, -0.1) is 0 Å². The number of carboxylic acids is 1. The molecule has 0 aliphatic carbocycles. The summed E-state index contributed by atoms with van der Waals surface area (Å²) in [6.07, 6.45) is 0. The summed E-state index contributed by atoms with van der Waals surface area (Å²) in [5.74, 6) is -0.833. The molecule has 2 nitrogen and oxygen atoms in total. The number of carboxylic acid groups (broad SMARTS) is 1. The lowest BCUT2D eigenvalue weighted by molar-refractivity contribution is -0.134. The smallest absolute Gasteiger partial charge is 0.481 e. The first-order valence-electron chi connectivity index (χ1n) is 1.80. The van der Waals surface area contributed by atoms with E-state index in [9.17, 15) is 17.3 Å². The molecule has 56 valence electrons. The summed E-state index contributed by atoms with van der Waals surface area (Å²) < 4.78 is 39.0. The third-order valence-electron chi connectivity index (χ3n) is 0. The molecule has 0 saturated heterocycles. The average molecular weight is 148 g/mol. The van der Waals surface area contributed by atoms with E-state index >= 15 is 0 Å². The van der Waals surface area contributed by atoms with E-state index in [1.165, 1.54) is 0 Å². The van der Waals surface area contributed by atoms with Crippen LogP contribution in [0, 0.1) is 0 Å². The second-order valence-electron chi connectivity index (χ2n) is 1.01. The summed E-state index contributed by atoms with van der Waals surface area (Å²) in [7, 11) is -6.00. The van der Waals surface area contributed by atoms with Crippen molar-refractivity contribution in [2.24, 2.45) is 0 Å². The number of aliphatic carboxylic acids is 1. The second-order valence-corrected chi connectivity index (χ2v) is 1.01. The Kier molecular flexibility index (Phi) is 5.14. The van der Waals surface area contributed by atoms with E-state index in [4.69, 9.17) is 9.90 Å². The molecule has 0 heterocycles. The number of hydrogen-bond acceptors (Lipinski definition) is 1. The third kappa shape index (κ3) is 361. The van der Waals surface area contributed by atoms with E-state index in [1.807, 2.05) is 0 Å². The summed E-state index contributed by atoms with van der Waals surface area (Å²) in [6, 6.07) is 0. The van der Waals surface area contributed by atoms with Crippen molar-refractivity contribution in [1.82, 2.24) is 0 Å². The van der Waals surface area contributed by atoms with Crippen molar-refractivity contribution in [3.05, 3.63) is 0 Å². The van der Waals surface area contributed by atoms with E-state index < -0.39 is 13.2 Å². The van der Waals surface area contributed by atoms with Crippen molar-refractivity contribution >= 4 is 13.2 Å². The van der Waals surface area contributed by atoms with Crippen LogP contribution in [-0.4, -0.2) is 18.3 Å². The summed E-state index contributed by atoms with van der Waals surface area (Å²) >= 11 is 0. The van der Waals surface area contributed by atoms with Gasteiger partial charge in [-0.25, -0.2) is 0 Å². The van der Waals surface area contributed by atoms with Gasteiger partial charge in [-0.05, 0) is 0 Å². The van der Waals surface area contributed by atoms with Gasteiger partial charge in [0, 0.05) is 6.92 Å². The summed E-state index contributed by atoms with van der Waals surface area (Å²) in [4.78, 5) is 9.00. The highest BCUT2D eigenvalue weighted by Crippen LogP contribution is 2.06. The number of halogens is 4. The SMILES string of the molecule is CC(=O)O.F[B-](F)(F)F.[H+]. The van der Waals surface area contributed by atoms with Crippen LogP contribution in [-0.2, 0) is 4.79 Å². The number of rotatable bonds is 0. The van der Waals surface area contributed by atoms with Gasteiger partial charge in [-0.1, -0.05) is 0 Å². The van der Waals surface area contributed by atoms with Crippen LogP contribution >= 0.6 is 0 Å². The normalized spacial score (nSPS) is 9.44. The number of carbonyl (C=O) groups is 1. The summed E-state index contributed by atoms with van der Waals surface area (Å²) in [6.45, 7) is 1.08. The van der Waals surface area contributed by atoms with Crippen LogP contribution in [0.1, 0.15) is 8.35 Å². The molecule has 0 aromatic rings. The van der Waals surface area contributed by atoms with Crippen LogP contribution in [0.15, 0.2) is 0 Å². The van der Waals surface area contributed by atoms with Gasteiger partial charge in [0.15, 0.2) is 0 Å². The second kappa shape index (κ2) is 4.17. The fourth-order valence-corrected chi connectivity index (χ4v) is 0. The molecule has 0 bridgehead atoms. The Morgan fingerprint density at radius 1 is 1.44 bits per heavy atom. The van der Waals surface area contributed by atoms with Gasteiger partial charge in [-0.2, -0.15) is 0 Å². The van der Waals surface area contributed by atoms with Crippen molar-refractivity contribution in [3.8, 4) is 0 Å². The van der Waals surface area contributed by atoms with Gasteiger partial charge in [0.25, 0.3) is 5.97 Å². The highest BCUT2D eigenvalue weighted by molar-refractivity contribution is 6.50. The first kappa shape index (κ1) is 11.1. The minimum absolute atomic E-state index is 0. The van der Waals surface area contributed by atoms with Crippen molar-refractivity contribution < 1.29 is 28.6 Å². The van der Waals surface area contributed by atoms with Crippen LogP contribution in [0.5, 0.6) is 0 Å². The van der Waals surface area contributed by atoms with Gasteiger partial charge in [-0.3, -0.25) is 4.79 Å². The van der Waals surface area contributed by atoms with Crippen molar-refractivity contribution in [1.29, 1.82) is 0 Å². The van der Waals surface area contributed by atoms with Gasteiger partial charge < -0.3 is 22.4 Å². The maximum absolute atomic E-state index is 9.75. The van der Waals surface area contributed by atoms with E-state index in [1.54, 1.807) is 0 Å². The van der Waals surface area contributed by atoms with Crippen molar-refractivity contribution in [3.63, 3.8) is 0 Å². The molecule has 0 saturated carbocycles. The van der Waals surface area contributed by atoms with Crippen LogP contribution < -0.4 is 0 Å². The van der Waals surface area contributed by atoms with Crippen LogP contribution in [0.3, 0.4) is 0 Å². The maximum atomic E-state index is 9.75. The molecule has 7 heteroatoms. The Morgan fingerprint density at radius 2 is 1.44 bits per heavy atom. The Balaban J connectivity index is -0.0000000910. The monoisotopic (exact) mass is 148 g/mol. The topological polar surface area (TPSA) is 37.3 Å². The third-order valence-corrected chi connectivity index (χ3v) is 0. The van der Waals surface area contributed by atoms with Gasteiger partial charge in [0.05, 0.1) is 0 Å². The van der Waals surface area contributed by atoms with Crippen molar-refractivity contribution in [2.45, 2.75) is 6.92 Å². The first-order valence-corrected chi connectivity index (χ1v) is 1.80. The fourth-order valence-electron chi connectivity index (χ4n) is 0. The Labute approximate surface area is 50.1 Å². The van der Waals surface area contributed by atoms with Gasteiger partial charge in [0.1, 0.15) is 0 Å². The van der Waals surface area contributed by atoms with E-state index in [0.717, 1.165) is 6.92 Å². The molecule has 0 unspecified atom stereocenters. The molecule has 0 aromatic carbocycles. The van der Waals surface area contributed by atoms with E-state index in [0.29, 0.717) is 0 Å². The van der Waals surface area contributed by atoms with Crippen LogP contribution in [0.4, 0.5) is 17.3 Å². The van der Waals surface area contributed by atoms with Crippen LogP contribution in [0.25, 0.3) is 0 Å². The average Bonchev–Trinajstić information content (AvgIpc) is 1.19. The zero-order valence-electron chi connectivity index (χ0n) is 5.44. The first-order chi connectivity index (χ1) is 3.73. The Bertz CT molecular complexity index is 83.7. The zero-order valence-corrected chi connectivity index (χ0v) is 4.44. The predicted molar refractivity (Wildman–Crippen MR) is 24.6 cm³/mol. The van der Waals surface area contributed by atoms with Crippen LogP contribution in [0.2, 0.25) is 0 Å². The molecule has 0 radical (unpaired) electrons. The number of hydrogen-bond donors (Lipinski definition) is 1. The van der Waals surface area contributed by atoms with E-state index in [2.05, 4.69) is 0 Å². The lowest BCUT2D eigenvalue weighted by Crippen LogP contribution is -2.02. The van der Waals surface area contributed by atoms with Crippen molar-refractivity contribution in [2.75, 3.05) is 0 Å². The molecule has 0 aliphatic heterocycles. The Morgan fingerprint density at radius 3 is 1.44 bits per heavy atom. The molecule has 0 rings (SSSR count). The molecular weight excluding hydrogens is 143 g/mol. The summed E-state index contributed by atoms with van der Waals surface area (Å²) in [5.41, 5.74) is 0. The quantitative estimate of drug-likeness (QED) is 0.417. The maximum Gasteiger partial charge on any atom is 1.00 e. The summed E-state index contributed by atoms with van der Waals surface area (Å²) in [5, 5.41) is 7.42. The standard InChI is InChI=1S/C2H4O2.BF4/c1-2(3)4;2-1(3,4)5/h1H3,(H,3,4);/q;-1/p+1. The lowest BCUT2D eigenvalue weighted by Gasteiger charge is -1.94. The largest absolute Gasteiger partial charge is 1.00 e. The predicted octanol–water partition coefficient (Wildman–Crippen LogP) is 1.50. The minimum Gasteiger partial charge on any atom is -0.481 e. The highest BCUT2D eigenvalue weighted by atomic mass is 19.5. The molecule has 0 atom stereocenters. The Hall–Kier alpha value is -0.745. The zero-order chi connectivity index (χ0) is 8.08. The molecule has 1 N–H and O–H groups in total. The molecular formula is C2H5BF4O2. The lowest BCUT2D eigenvalue weighted by atomic mass is 10.3. The van der Waals surface area contributed by atoms with Gasteiger partial charge >= 0.3 is 8.68 Å². The van der Waals surface area contributed by atoms with Gasteiger partial charge in [0.2, 0.25) is 0 Å². The minimum atomic E-state index is -6.00. The molecule has 0 aliphatic rings. The molecule has 0 amide bonds. The highest BCUT2D eigenvalue weighted by Gasteiger charge is 2.20. The molecule has 0 fully saturated rings. The molecule has 0 aromatic heterocycles. The van der Waals surface area contributed by atoms with E-state index in [-0.39, 0.29) is 1.43 Å². The fraction of sp³-hybridized carbons (Fsp3) is 0.500. The molecule has 0 spiro atoms. The molecule has 9 heavy (non-hydrogen) atoms.